The van der Waals surface area contributed by atoms with Gasteiger partial charge in [-0.15, -0.1) is 15.4 Å². The van der Waals surface area contributed by atoms with Gasteiger partial charge in [-0.25, -0.2) is 4.21 Å². The van der Waals surface area contributed by atoms with E-state index in [1.807, 2.05) is 19.1 Å². The summed E-state index contributed by atoms with van der Waals surface area (Å²) in [5.41, 5.74) is 3.35. The van der Waals surface area contributed by atoms with Crippen LogP contribution in [0.3, 0.4) is 0 Å². The first kappa shape index (κ1) is 35.4. The van der Waals surface area contributed by atoms with Crippen molar-refractivity contribution in [2.75, 3.05) is 44.6 Å². The fraction of sp³-hybridized carbons (Fsp3) is 0.500. The zero-order chi connectivity index (χ0) is 35.9. The minimum atomic E-state index is -3.63. The number of anilines is 1. The lowest BCUT2D eigenvalue weighted by molar-refractivity contribution is 0.0190. The summed E-state index contributed by atoms with van der Waals surface area (Å²) in [6, 6.07) is 11.5. The average molecular weight is 734 g/mol. The van der Waals surface area contributed by atoms with Crippen molar-refractivity contribution in [2.45, 2.75) is 57.0 Å². The molecule has 3 heterocycles. The Morgan fingerprint density at radius 1 is 1.20 bits per heavy atom. The lowest BCUT2D eigenvalue weighted by Gasteiger charge is -2.45. The molecule has 11 nitrogen and oxygen atoms in total. The number of ether oxygens (including phenoxy) is 3. The normalized spacial score (nSPS) is 28.8. The monoisotopic (exact) mass is 733 g/mol. The summed E-state index contributed by atoms with van der Waals surface area (Å²) < 4.78 is 40.6. The van der Waals surface area contributed by atoms with Crippen LogP contribution in [0.15, 0.2) is 47.0 Å². The van der Waals surface area contributed by atoms with Gasteiger partial charge in [-0.1, -0.05) is 30.5 Å². The molecular formula is C38H44ClN5O6S. The molecule has 2 aliphatic heterocycles. The van der Waals surface area contributed by atoms with Gasteiger partial charge in [-0.05, 0) is 85.4 Å². The second-order valence-corrected chi connectivity index (χ2v) is 16.9. The Morgan fingerprint density at radius 3 is 2.80 bits per heavy atom. The van der Waals surface area contributed by atoms with Crippen molar-refractivity contribution in [3.63, 3.8) is 0 Å². The molecule has 4 aliphatic rings. The maximum Gasteiger partial charge on any atom is 0.286 e. The summed E-state index contributed by atoms with van der Waals surface area (Å²) >= 11 is 6.45. The highest BCUT2D eigenvalue weighted by atomic mass is 35.5. The summed E-state index contributed by atoms with van der Waals surface area (Å²) in [7, 11) is 1.12. The zero-order valence-corrected chi connectivity index (χ0v) is 31.0. The number of halogens is 1. The SMILES string of the molecule is COc1nn(C)cc1C(=O)NS1(=O)=NC(=O)c2ccc3c(c2)N(C[C@@H]2CC[C@H]2[C@@H](OC)C#CC[C@H](C)C1)C[C@@]1(CCCc2cc(Cl)ccc21)CO3. The number of amides is 2. The number of hydrogen-bond donors (Lipinski definition) is 1. The molecule has 7 rings (SSSR count). The molecule has 6 atom stereocenters. The smallest absolute Gasteiger partial charge is 0.286 e. The highest BCUT2D eigenvalue weighted by molar-refractivity contribution is 7.92. The number of nitrogens with one attached hydrogen (secondary N) is 1. The number of carbonyl (C=O) groups is 2. The number of hydrogen-bond acceptors (Lipinski definition) is 8. The van der Waals surface area contributed by atoms with Crippen LogP contribution in [0.1, 0.15) is 70.9 Å². The van der Waals surface area contributed by atoms with Gasteiger partial charge in [0, 0.05) is 61.8 Å². The van der Waals surface area contributed by atoms with E-state index in [1.165, 1.54) is 29.1 Å². The van der Waals surface area contributed by atoms with Crippen LogP contribution in [0.25, 0.3) is 0 Å². The number of nitrogens with zero attached hydrogens (tertiary/aromatic N) is 4. The van der Waals surface area contributed by atoms with Crippen molar-refractivity contribution in [1.29, 1.82) is 0 Å². The van der Waals surface area contributed by atoms with Crippen LogP contribution >= 0.6 is 11.6 Å². The number of fused-ring (bicyclic) bond motifs is 4. The summed E-state index contributed by atoms with van der Waals surface area (Å²) in [4.78, 5) is 29.8. The van der Waals surface area contributed by atoms with Crippen molar-refractivity contribution >= 4 is 39.0 Å². The summed E-state index contributed by atoms with van der Waals surface area (Å²) in [5.74, 6) is 6.19. The van der Waals surface area contributed by atoms with E-state index in [4.69, 9.17) is 25.8 Å². The summed E-state index contributed by atoms with van der Waals surface area (Å²) in [6.45, 7) is 3.79. The number of methoxy groups -OCH3 is 2. The molecule has 1 unspecified atom stereocenters. The first-order valence-corrected chi connectivity index (χ1v) is 19.6. The van der Waals surface area contributed by atoms with Crippen LogP contribution in [0, 0.1) is 29.6 Å². The third-order valence-corrected chi connectivity index (χ3v) is 13.0. The first-order valence-electron chi connectivity index (χ1n) is 17.5. The van der Waals surface area contributed by atoms with Gasteiger partial charge in [0.2, 0.25) is 5.88 Å². The third-order valence-electron chi connectivity index (χ3n) is 10.8. The number of carbonyl (C=O) groups excluding carboxylic acids is 2. The van der Waals surface area contributed by atoms with Crippen molar-refractivity contribution in [3.8, 4) is 23.5 Å². The highest BCUT2D eigenvalue weighted by Gasteiger charge is 2.44. The second-order valence-electron chi connectivity index (χ2n) is 14.4. The minimum Gasteiger partial charge on any atom is -0.490 e. The Kier molecular flexibility index (Phi) is 9.82. The molecular weight excluding hydrogens is 690 g/mol. The molecule has 270 valence electrons. The Balaban J connectivity index is 1.31. The van der Waals surface area contributed by atoms with Gasteiger partial charge in [-0.2, -0.15) is 0 Å². The Morgan fingerprint density at radius 2 is 2.04 bits per heavy atom. The van der Waals surface area contributed by atoms with Gasteiger partial charge < -0.3 is 19.1 Å². The standard InChI is InChI=1S/C38H44ClN5O6S/c1-24-7-5-9-33(48-3)29-13-10-27(29)19-44-22-38(16-6-8-25-17-28(39)12-14-31(25)38)23-50-34-15-11-26(18-32(34)44)35(45)41-51(47,21-24)42-36(46)30-20-43(2)40-37(30)49-4/h11-12,14-15,17-18,20,24,27,29,33H,6-8,10,13,16,19,21-23H2,1-4H3,(H,41,42,45,46,47)/t24-,27-,29+,33-,38-,51?/m0/s1. The molecule has 1 spiro atoms. The maximum absolute atomic E-state index is 14.5. The molecule has 2 bridgehead atoms. The number of aromatic nitrogens is 2. The minimum absolute atomic E-state index is 0.0728. The zero-order valence-electron chi connectivity index (χ0n) is 29.4. The lowest BCUT2D eigenvalue weighted by atomic mass is 9.68. The van der Waals surface area contributed by atoms with Crippen molar-refractivity contribution in [3.05, 3.63) is 69.9 Å². The molecule has 1 aromatic heterocycles. The quantitative estimate of drug-likeness (QED) is 0.344. The van der Waals surface area contributed by atoms with E-state index in [-0.39, 0.29) is 46.1 Å². The van der Waals surface area contributed by atoms with Crippen LogP contribution in [0.5, 0.6) is 11.6 Å². The van der Waals surface area contributed by atoms with E-state index in [1.54, 1.807) is 26.3 Å². The van der Waals surface area contributed by atoms with Gasteiger partial charge in [0.1, 0.15) is 27.3 Å². The van der Waals surface area contributed by atoms with E-state index in [0.29, 0.717) is 31.2 Å². The van der Waals surface area contributed by atoms with Crippen LogP contribution in [0.4, 0.5) is 5.69 Å². The summed E-state index contributed by atoms with van der Waals surface area (Å²) in [5, 5.41) is 4.87. The molecule has 51 heavy (non-hydrogen) atoms. The fourth-order valence-electron chi connectivity index (χ4n) is 8.13. The van der Waals surface area contributed by atoms with Crippen molar-refractivity contribution in [1.82, 2.24) is 14.5 Å². The van der Waals surface area contributed by atoms with Crippen LogP contribution in [-0.2, 0) is 33.5 Å². The Hall–Kier alpha value is -4.05. The molecule has 0 radical (unpaired) electrons. The van der Waals surface area contributed by atoms with Gasteiger partial charge in [0.05, 0.1) is 25.2 Å². The van der Waals surface area contributed by atoms with E-state index < -0.39 is 21.7 Å². The maximum atomic E-state index is 14.5. The van der Waals surface area contributed by atoms with Crippen LogP contribution in [-0.4, -0.2) is 71.6 Å². The van der Waals surface area contributed by atoms with Gasteiger partial charge >= 0.3 is 0 Å². The molecule has 3 aromatic rings. The second kappa shape index (κ2) is 14.2. The predicted octanol–water partition coefficient (Wildman–Crippen LogP) is 5.59. The van der Waals surface area contributed by atoms with Crippen molar-refractivity contribution < 1.29 is 28.0 Å². The highest BCUT2D eigenvalue weighted by Crippen LogP contribution is 2.47. The molecule has 1 fully saturated rings. The van der Waals surface area contributed by atoms with Crippen LogP contribution in [0.2, 0.25) is 5.02 Å². The fourth-order valence-corrected chi connectivity index (χ4v) is 10.2. The molecule has 2 amide bonds. The van der Waals surface area contributed by atoms with E-state index in [9.17, 15) is 13.8 Å². The van der Waals surface area contributed by atoms with Gasteiger partial charge in [0.15, 0.2) is 0 Å². The van der Waals surface area contributed by atoms with E-state index in [2.05, 4.69) is 43.1 Å². The predicted molar refractivity (Wildman–Crippen MR) is 196 cm³/mol. The van der Waals surface area contributed by atoms with Crippen molar-refractivity contribution in [2.24, 2.45) is 29.2 Å². The summed E-state index contributed by atoms with van der Waals surface area (Å²) in [6.07, 6.45) is 6.59. The first-order chi connectivity index (χ1) is 24.5. The topological polar surface area (TPSA) is 124 Å². The Labute approximate surface area is 304 Å². The molecule has 2 aromatic carbocycles. The van der Waals surface area contributed by atoms with E-state index in [0.717, 1.165) is 49.4 Å². The third kappa shape index (κ3) is 7.08. The molecule has 1 N–H and O–H groups in total. The van der Waals surface area contributed by atoms with Gasteiger partial charge in [-0.3, -0.25) is 19.0 Å². The number of rotatable bonds is 4. The largest absolute Gasteiger partial charge is 0.490 e. The molecule has 1 saturated carbocycles. The molecule has 0 saturated heterocycles. The van der Waals surface area contributed by atoms with Gasteiger partial charge in [0.25, 0.3) is 11.8 Å². The molecule has 13 heteroatoms. The average Bonchev–Trinajstić information content (AvgIpc) is 3.40. The van der Waals surface area contributed by atoms with Crippen LogP contribution < -0.4 is 19.1 Å². The number of benzene rings is 2. The Bertz CT molecular complexity index is 2050. The van der Waals surface area contributed by atoms with E-state index >= 15 is 0 Å². The number of aryl methyl sites for hydroxylation is 2. The lowest BCUT2D eigenvalue weighted by Crippen LogP contribution is -2.49. The molecule has 2 aliphatic carbocycles.